The number of ether oxygens (including phenoxy) is 1. The zero-order chi connectivity index (χ0) is 20.8. The fraction of sp³-hybridized carbons (Fsp3) is 0.435. The van der Waals surface area contributed by atoms with Crippen molar-refractivity contribution < 1.29 is 14.3 Å². The number of amides is 2. The van der Waals surface area contributed by atoms with Crippen LogP contribution in [0.5, 0.6) is 5.75 Å². The summed E-state index contributed by atoms with van der Waals surface area (Å²) in [6.07, 6.45) is 6.10. The van der Waals surface area contributed by atoms with Gasteiger partial charge in [0.15, 0.2) is 0 Å². The van der Waals surface area contributed by atoms with Crippen molar-refractivity contribution in [1.82, 2.24) is 14.8 Å². The first-order valence-electron chi connectivity index (χ1n) is 10.6. The third-order valence-electron chi connectivity index (χ3n) is 5.66. The molecule has 0 aliphatic carbocycles. The highest BCUT2D eigenvalue weighted by molar-refractivity contribution is 5.94. The second-order valence-electron chi connectivity index (χ2n) is 7.83. The van der Waals surface area contributed by atoms with Crippen molar-refractivity contribution in [1.29, 1.82) is 0 Å². The molecule has 1 saturated heterocycles. The number of nitrogens with one attached hydrogen (secondary N) is 1. The lowest BCUT2D eigenvalue weighted by atomic mass is 10.0. The van der Waals surface area contributed by atoms with Crippen LogP contribution in [-0.4, -0.2) is 59.4 Å². The van der Waals surface area contributed by atoms with Gasteiger partial charge in [-0.05, 0) is 54.3 Å². The summed E-state index contributed by atoms with van der Waals surface area (Å²) in [5.74, 6) is 1.06. The van der Waals surface area contributed by atoms with Crippen LogP contribution in [0, 0.1) is 0 Å². The minimum atomic E-state index is 0.0629. The first kappa shape index (κ1) is 20.3. The molecule has 2 aliphatic rings. The number of aromatic nitrogens is 1. The molecule has 2 aromatic rings. The lowest BCUT2D eigenvalue weighted by Crippen LogP contribution is -2.48. The van der Waals surface area contributed by atoms with E-state index in [4.69, 9.17) is 4.74 Å². The molecule has 0 spiro atoms. The van der Waals surface area contributed by atoms with Crippen molar-refractivity contribution in [2.24, 2.45) is 0 Å². The van der Waals surface area contributed by atoms with E-state index in [1.165, 1.54) is 5.56 Å². The molecule has 4 rings (SSSR count). The Labute approximate surface area is 177 Å². The van der Waals surface area contributed by atoms with Crippen LogP contribution < -0.4 is 10.1 Å². The number of fused-ring (bicyclic) bond motifs is 1. The Balaban J connectivity index is 1.15. The molecular formula is C23H28N4O3. The number of hydrogen-bond acceptors (Lipinski definition) is 5. The molecule has 1 fully saturated rings. The molecule has 30 heavy (non-hydrogen) atoms. The van der Waals surface area contributed by atoms with E-state index in [1.807, 2.05) is 47.6 Å². The van der Waals surface area contributed by atoms with Crippen molar-refractivity contribution in [3.63, 3.8) is 0 Å². The fourth-order valence-corrected chi connectivity index (χ4v) is 3.92. The van der Waals surface area contributed by atoms with Gasteiger partial charge in [-0.25, -0.2) is 0 Å². The van der Waals surface area contributed by atoms with E-state index in [1.54, 1.807) is 0 Å². The standard InChI is InChI=1S/C23H28N4O3/c28-22-6-3-19-16-20(4-5-21(19)25-22)30-15-1-2-23(29)27-13-11-26(12-14-27)17-18-7-9-24-10-8-18/h4-5,7-10,16H,1-3,6,11-15,17H2,(H,25,28). The van der Waals surface area contributed by atoms with Gasteiger partial charge in [0.1, 0.15) is 5.75 Å². The Morgan fingerprint density at radius 2 is 1.87 bits per heavy atom. The molecular weight excluding hydrogens is 380 g/mol. The van der Waals surface area contributed by atoms with Crippen molar-refractivity contribution in [2.75, 3.05) is 38.1 Å². The quantitative estimate of drug-likeness (QED) is 0.713. The second kappa shape index (κ2) is 9.71. The number of hydrogen-bond donors (Lipinski definition) is 1. The van der Waals surface area contributed by atoms with Gasteiger partial charge in [0.05, 0.1) is 6.61 Å². The highest BCUT2D eigenvalue weighted by Crippen LogP contribution is 2.26. The summed E-state index contributed by atoms with van der Waals surface area (Å²) >= 11 is 0. The number of pyridine rings is 1. The molecule has 158 valence electrons. The maximum absolute atomic E-state index is 12.5. The molecule has 1 aromatic heterocycles. The number of carbonyl (C=O) groups excluding carboxylic acids is 2. The number of benzene rings is 1. The molecule has 7 nitrogen and oxygen atoms in total. The molecule has 2 aliphatic heterocycles. The summed E-state index contributed by atoms with van der Waals surface area (Å²) in [6.45, 7) is 4.77. The van der Waals surface area contributed by atoms with Gasteiger partial charge in [-0.2, -0.15) is 0 Å². The average molecular weight is 409 g/mol. The van der Waals surface area contributed by atoms with Gasteiger partial charge in [0.25, 0.3) is 0 Å². The Hall–Kier alpha value is -2.93. The predicted octanol–water partition coefficient (Wildman–Crippen LogP) is 2.47. The van der Waals surface area contributed by atoms with E-state index >= 15 is 0 Å². The van der Waals surface area contributed by atoms with Gasteiger partial charge < -0.3 is 15.0 Å². The first-order valence-corrected chi connectivity index (χ1v) is 10.6. The van der Waals surface area contributed by atoms with Gasteiger partial charge in [0.2, 0.25) is 11.8 Å². The monoisotopic (exact) mass is 408 g/mol. The molecule has 0 radical (unpaired) electrons. The van der Waals surface area contributed by atoms with E-state index in [0.29, 0.717) is 25.9 Å². The zero-order valence-electron chi connectivity index (χ0n) is 17.2. The van der Waals surface area contributed by atoms with Crippen molar-refractivity contribution >= 4 is 17.5 Å². The topological polar surface area (TPSA) is 74.8 Å². The number of carbonyl (C=O) groups is 2. The largest absolute Gasteiger partial charge is 0.494 e. The third kappa shape index (κ3) is 5.36. The number of rotatable bonds is 7. The highest BCUT2D eigenvalue weighted by atomic mass is 16.5. The first-order chi connectivity index (χ1) is 14.7. The maximum atomic E-state index is 12.5. The minimum Gasteiger partial charge on any atom is -0.494 e. The summed E-state index contributed by atoms with van der Waals surface area (Å²) in [5.41, 5.74) is 3.23. The molecule has 3 heterocycles. The molecule has 1 aromatic carbocycles. The van der Waals surface area contributed by atoms with Crippen LogP contribution >= 0.6 is 0 Å². The van der Waals surface area contributed by atoms with E-state index < -0.39 is 0 Å². The Bertz CT molecular complexity index is 879. The van der Waals surface area contributed by atoms with Crippen LogP contribution in [0.3, 0.4) is 0 Å². The summed E-state index contributed by atoms with van der Waals surface area (Å²) in [6, 6.07) is 9.82. The average Bonchev–Trinajstić information content (AvgIpc) is 2.78. The zero-order valence-corrected chi connectivity index (χ0v) is 17.2. The number of piperazine rings is 1. The molecule has 0 atom stereocenters. The van der Waals surface area contributed by atoms with Crippen LogP contribution in [0.25, 0.3) is 0 Å². The Morgan fingerprint density at radius 3 is 2.67 bits per heavy atom. The smallest absolute Gasteiger partial charge is 0.224 e. The molecule has 1 N–H and O–H groups in total. The van der Waals surface area contributed by atoms with E-state index in [0.717, 1.165) is 56.1 Å². The number of anilines is 1. The lowest BCUT2D eigenvalue weighted by molar-refractivity contribution is -0.133. The summed E-state index contributed by atoms with van der Waals surface area (Å²) in [5, 5.41) is 2.87. The van der Waals surface area contributed by atoms with Crippen LogP contribution in [0.2, 0.25) is 0 Å². The van der Waals surface area contributed by atoms with E-state index in [2.05, 4.69) is 15.2 Å². The van der Waals surface area contributed by atoms with Gasteiger partial charge in [-0.3, -0.25) is 19.5 Å². The van der Waals surface area contributed by atoms with E-state index in [9.17, 15) is 9.59 Å². The molecule has 0 unspecified atom stereocenters. The van der Waals surface area contributed by atoms with Crippen LogP contribution in [0.1, 0.15) is 30.4 Å². The minimum absolute atomic E-state index is 0.0629. The molecule has 7 heteroatoms. The van der Waals surface area contributed by atoms with Crippen molar-refractivity contribution in [3.8, 4) is 5.75 Å². The summed E-state index contributed by atoms with van der Waals surface area (Å²) in [4.78, 5) is 32.3. The van der Waals surface area contributed by atoms with Crippen LogP contribution in [0.4, 0.5) is 5.69 Å². The van der Waals surface area contributed by atoms with Crippen molar-refractivity contribution in [2.45, 2.75) is 32.2 Å². The Morgan fingerprint density at radius 1 is 1.07 bits per heavy atom. The van der Waals surface area contributed by atoms with Gasteiger partial charge in [-0.1, -0.05) is 0 Å². The van der Waals surface area contributed by atoms with Crippen LogP contribution in [0.15, 0.2) is 42.7 Å². The third-order valence-corrected chi connectivity index (χ3v) is 5.66. The fourth-order valence-electron chi connectivity index (χ4n) is 3.92. The number of nitrogens with zero attached hydrogens (tertiary/aromatic N) is 3. The predicted molar refractivity (Wildman–Crippen MR) is 114 cm³/mol. The maximum Gasteiger partial charge on any atom is 0.224 e. The lowest BCUT2D eigenvalue weighted by Gasteiger charge is -2.34. The second-order valence-corrected chi connectivity index (χ2v) is 7.83. The number of aryl methyl sites for hydroxylation is 1. The van der Waals surface area contributed by atoms with Crippen molar-refractivity contribution in [3.05, 3.63) is 53.9 Å². The summed E-state index contributed by atoms with van der Waals surface area (Å²) in [7, 11) is 0. The molecule has 2 amide bonds. The highest BCUT2D eigenvalue weighted by Gasteiger charge is 2.21. The van der Waals surface area contributed by atoms with E-state index in [-0.39, 0.29) is 11.8 Å². The van der Waals surface area contributed by atoms with Crippen LogP contribution in [-0.2, 0) is 22.6 Å². The van der Waals surface area contributed by atoms with Gasteiger partial charge in [0, 0.05) is 63.6 Å². The SMILES string of the molecule is O=C1CCc2cc(OCCCC(=O)N3CCN(Cc4ccncc4)CC3)ccc2N1. The molecule has 0 saturated carbocycles. The van der Waals surface area contributed by atoms with Gasteiger partial charge in [-0.15, -0.1) is 0 Å². The molecule has 0 bridgehead atoms. The van der Waals surface area contributed by atoms with Gasteiger partial charge >= 0.3 is 0 Å². The Kier molecular flexibility index (Phi) is 6.59. The summed E-state index contributed by atoms with van der Waals surface area (Å²) < 4.78 is 5.82. The normalized spacial score (nSPS) is 16.7.